The fraction of sp³-hybridized carbons (Fsp3) is 0.692. The van der Waals surface area contributed by atoms with Gasteiger partial charge in [0.2, 0.25) is 5.95 Å². The van der Waals surface area contributed by atoms with Gasteiger partial charge in [0.25, 0.3) is 0 Å². The predicted molar refractivity (Wildman–Crippen MR) is 73.0 cm³/mol. The summed E-state index contributed by atoms with van der Waals surface area (Å²) < 4.78 is 5.35. The van der Waals surface area contributed by atoms with Crippen molar-refractivity contribution in [3.8, 4) is 0 Å². The molecule has 100 valence electrons. The molecule has 1 aromatic rings. The molecular weight excluding hydrogens is 228 g/mol. The Morgan fingerprint density at radius 3 is 2.83 bits per heavy atom. The standard InChI is InChI=1S/C13H22N4O/c1-3-6-14-13-15-10(2)9-12(17-13)16-11-4-7-18-8-5-11/h9,11H,3-8H2,1-2H3,(H2,14,15,16,17). The Morgan fingerprint density at radius 2 is 2.11 bits per heavy atom. The van der Waals surface area contributed by atoms with Crippen LogP contribution in [0, 0.1) is 6.92 Å². The lowest BCUT2D eigenvalue weighted by atomic mass is 10.1. The van der Waals surface area contributed by atoms with Gasteiger partial charge in [-0.1, -0.05) is 6.92 Å². The zero-order valence-corrected chi connectivity index (χ0v) is 11.2. The van der Waals surface area contributed by atoms with Gasteiger partial charge in [-0.15, -0.1) is 0 Å². The summed E-state index contributed by atoms with van der Waals surface area (Å²) in [6.07, 6.45) is 3.15. The van der Waals surface area contributed by atoms with Crippen molar-refractivity contribution >= 4 is 11.8 Å². The third kappa shape index (κ3) is 3.84. The van der Waals surface area contributed by atoms with E-state index in [2.05, 4.69) is 27.5 Å². The first-order valence-electron chi connectivity index (χ1n) is 6.71. The van der Waals surface area contributed by atoms with Gasteiger partial charge in [0, 0.05) is 37.6 Å². The van der Waals surface area contributed by atoms with Crippen LogP contribution in [0.4, 0.5) is 11.8 Å². The molecule has 2 heterocycles. The first-order chi connectivity index (χ1) is 8.78. The van der Waals surface area contributed by atoms with Crippen LogP contribution in [-0.2, 0) is 4.74 Å². The van der Waals surface area contributed by atoms with E-state index >= 15 is 0 Å². The Hall–Kier alpha value is -1.36. The fourth-order valence-corrected chi connectivity index (χ4v) is 2.01. The van der Waals surface area contributed by atoms with Crippen molar-refractivity contribution in [2.24, 2.45) is 0 Å². The minimum Gasteiger partial charge on any atom is -0.381 e. The Kier molecular flexibility index (Phi) is 4.75. The van der Waals surface area contributed by atoms with Gasteiger partial charge in [-0.2, -0.15) is 4.98 Å². The Bertz CT molecular complexity index is 377. The molecule has 2 N–H and O–H groups in total. The van der Waals surface area contributed by atoms with E-state index in [0.717, 1.165) is 50.5 Å². The number of hydrogen-bond acceptors (Lipinski definition) is 5. The molecule has 0 radical (unpaired) electrons. The topological polar surface area (TPSA) is 59.1 Å². The van der Waals surface area contributed by atoms with E-state index in [9.17, 15) is 0 Å². The quantitative estimate of drug-likeness (QED) is 0.839. The second-order valence-corrected chi connectivity index (χ2v) is 4.68. The first-order valence-corrected chi connectivity index (χ1v) is 6.71. The minimum absolute atomic E-state index is 0.465. The van der Waals surface area contributed by atoms with Crippen molar-refractivity contribution in [3.05, 3.63) is 11.8 Å². The van der Waals surface area contributed by atoms with E-state index in [-0.39, 0.29) is 0 Å². The second kappa shape index (κ2) is 6.54. The van der Waals surface area contributed by atoms with Gasteiger partial charge in [0.15, 0.2) is 0 Å². The maximum absolute atomic E-state index is 5.35. The summed E-state index contributed by atoms with van der Waals surface area (Å²) in [5, 5.41) is 6.69. The molecule has 1 aliphatic heterocycles. The van der Waals surface area contributed by atoms with E-state index in [0.29, 0.717) is 12.0 Å². The summed E-state index contributed by atoms with van der Waals surface area (Å²) in [4.78, 5) is 8.87. The van der Waals surface area contributed by atoms with E-state index in [1.165, 1.54) is 0 Å². The number of aromatic nitrogens is 2. The summed E-state index contributed by atoms with van der Waals surface area (Å²) >= 11 is 0. The lowest BCUT2D eigenvalue weighted by Crippen LogP contribution is -2.28. The van der Waals surface area contributed by atoms with Gasteiger partial charge < -0.3 is 15.4 Å². The van der Waals surface area contributed by atoms with Crippen molar-refractivity contribution < 1.29 is 4.74 Å². The third-order valence-electron chi connectivity index (χ3n) is 2.96. The predicted octanol–water partition coefficient (Wildman–Crippen LogP) is 2.20. The molecule has 0 spiro atoms. The summed E-state index contributed by atoms with van der Waals surface area (Å²) in [7, 11) is 0. The lowest BCUT2D eigenvalue weighted by Gasteiger charge is -2.23. The Balaban J connectivity index is 1.99. The molecule has 0 aliphatic carbocycles. The van der Waals surface area contributed by atoms with Crippen molar-refractivity contribution in [2.45, 2.75) is 39.2 Å². The molecule has 0 amide bonds. The molecule has 0 bridgehead atoms. The molecule has 0 saturated carbocycles. The molecule has 0 atom stereocenters. The molecule has 0 unspecified atom stereocenters. The average Bonchev–Trinajstić information content (AvgIpc) is 2.37. The maximum atomic E-state index is 5.35. The number of ether oxygens (including phenoxy) is 1. The van der Waals surface area contributed by atoms with Crippen molar-refractivity contribution in [1.82, 2.24) is 9.97 Å². The number of nitrogens with one attached hydrogen (secondary N) is 2. The number of hydrogen-bond donors (Lipinski definition) is 2. The van der Waals surface area contributed by atoms with Crippen LogP contribution < -0.4 is 10.6 Å². The molecule has 0 aromatic carbocycles. The van der Waals surface area contributed by atoms with Crippen LogP contribution in [0.25, 0.3) is 0 Å². The molecule has 2 rings (SSSR count). The number of nitrogens with zero attached hydrogens (tertiary/aromatic N) is 2. The Labute approximate surface area is 108 Å². The SMILES string of the molecule is CCCNc1nc(C)cc(NC2CCOCC2)n1. The lowest BCUT2D eigenvalue weighted by molar-refractivity contribution is 0.0904. The van der Waals surface area contributed by atoms with Crippen molar-refractivity contribution in [1.29, 1.82) is 0 Å². The highest BCUT2D eigenvalue weighted by atomic mass is 16.5. The Morgan fingerprint density at radius 1 is 1.33 bits per heavy atom. The highest BCUT2D eigenvalue weighted by molar-refractivity contribution is 5.42. The zero-order chi connectivity index (χ0) is 12.8. The van der Waals surface area contributed by atoms with Crippen LogP contribution in [0.1, 0.15) is 31.9 Å². The summed E-state index contributed by atoms with van der Waals surface area (Å²) in [6, 6.07) is 2.46. The maximum Gasteiger partial charge on any atom is 0.224 e. The average molecular weight is 250 g/mol. The van der Waals surface area contributed by atoms with Crippen LogP contribution in [-0.4, -0.2) is 35.8 Å². The van der Waals surface area contributed by atoms with Gasteiger partial charge in [-0.3, -0.25) is 0 Å². The first kappa shape index (κ1) is 13.1. The summed E-state index contributed by atoms with van der Waals surface area (Å²) in [5.74, 6) is 1.62. The largest absolute Gasteiger partial charge is 0.381 e. The number of anilines is 2. The molecule has 5 heteroatoms. The monoisotopic (exact) mass is 250 g/mol. The normalized spacial score (nSPS) is 16.6. The molecule has 5 nitrogen and oxygen atoms in total. The smallest absolute Gasteiger partial charge is 0.224 e. The van der Waals surface area contributed by atoms with Crippen LogP contribution in [0.2, 0.25) is 0 Å². The van der Waals surface area contributed by atoms with E-state index in [1.807, 2.05) is 13.0 Å². The van der Waals surface area contributed by atoms with Gasteiger partial charge in [-0.05, 0) is 26.2 Å². The van der Waals surface area contributed by atoms with Crippen molar-refractivity contribution in [2.75, 3.05) is 30.4 Å². The van der Waals surface area contributed by atoms with Crippen LogP contribution in [0.15, 0.2) is 6.07 Å². The van der Waals surface area contributed by atoms with Crippen LogP contribution in [0.3, 0.4) is 0 Å². The van der Waals surface area contributed by atoms with E-state index in [4.69, 9.17) is 4.74 Å². The van der Waals surface area contributed by atoms with Gasteiger partial charge in [0.05, 0.1) is 0 Å². The second-order valence-electron chi connectivity index (χ2n) is 4.68. The van der Waals surface area contributed by atoms with Gasteiger partial charge in [0.1, 0.15) is 5.82 Å². The number of rotatable bonds is 5. The summed E-state index contributed by atoms with van der Waals surface area (Å²) in [5.41, 5.74) is 0.984. The van der Waals surface area contributed by atoms with Gasteiger partial charge in [-0.25, -0.2) is 4.98 Å². The highest BCUT2D eigenvalue weighted by Crippen LogP contribution is 2.15. The molecular formula is C13H22N4O. The van der Waals surface area contributed by atoms with Crippen molar-refractivity contribution in [3.63, 3.8) is 0 Å². The molecule has 1 saturated heterocycles. The molecule has 1 fully saturated rings. The van der Waals surface area contributed by atoms with Gasteiger partial charge >= 0.3 is 0 Å². The molecule has 1 aliphatic rings. The summed E-state index contributed by atoms with van der Waals surface area (Å²) in [6.45, 7) is 6.70. The third-order valence-corrected chi connectivity index (χ3v) is 2.96. The van der Waals surface area contributed by atoms with E-state index in [1.54, 1.807) is 0 Å². The fourth-order valence-electron chi connectivity index (χ4n) is 2.01. The minimum atomic E-state index is 0.465. The molecule has 18 heavy (non-hydrogen) atoms. The van der Waals surface area contributed by atoms with E-state index < -0.39 is 0 Å². The zero-order valence-electron chi connectivity index (χ0n) is 11.2. The van der Waals surface area contributed by atoms with Crippen LogP contribution in [0.5, 0.6) is 0 Å². The van der Waals surface area contributed by atoms with Crippen LogP contribution >= 0.6 is 0 Å². The highest BCUT2D eigenvalue weighted by Gasteiger charge is 2.14. The molecule has 1 aromatic heterocycles. The number of aryl methyl sites for hydroxylation is 1.